The summed E-state index contributed by atoms with van der Waals surface area (Å²) in [5.74, 6) is 0.292. The van der Waals surface area contributed by atoms with Crippen molar-refractivity contribution in [3.63, 3.8) is 0 Å². The normalized spacial score (nSPS) is 11.2. The fraction of sp³-hybridized carbons (Fsp3) is 0.150. The smallest absolute Gasteiger partial charge is 0.264 e. The highest BCUT2D eigenvalue weighted by Crippen LogP contribution is 2.27. The summed E-state index contributed by atoms with van der Waals surface area (Å²) < 4.78 is 32.0. The van der Waals surface area contributed by atoms with E-state index in [4.69, 9.17) is 16.0 Å². The number of furan rings is 1. The van der Waals surface area contributed by atoms with Crippen LogP contribution in [0.25, 0.3) is 0 Å². The van der Waals surface area contributed by atoms with Crippen LogP contribution in [-0.2, 0) is 16.6 Å². The van der Waals surface area contributed by atoms with E-state index < -0.39 is 10.0 Å². The van der Waals surface area contributed by atoms with Gasteiger partial charge in [0.1, 0.15) is 5.76 Å². The van der Waals surface area contributed by atoms with Crippen molar-refractivity contribution >= 4 is 33.2 Å². The molecule has 0 saturated carbocycles. The zero-order valence-corrected chi connectivity index (χ0v) is 16.9. The molecule has 3 aromatic rings. The third kappa shape index (κ3) is 4.05. The molecule has 0 fully saturated rings. The molecule has 6 nitrogen and oxygen atoms in total. The number of hydrogen-bond donors (Lipinski definition) is 0. The van der Waals surface area contributed by atoms with Gasteiger partial charge in [-0.15, -0.1) is 0 Å². The number of nitrogens with zero attached hydrogens (tertiary/aromatic N) is 2. The molecule has 1 amide bonds. The average molecular weight is 419 g/mol. The summed E-state index contributed by atoms with van der Waals surface area (Å²) in [5.41, 5.74) is 0.548. The van der Waals surface area contributed by atoms with Crippen LogP contribution in [0.4, 0.5) is 5.69 Å². The monoisotopic (exact) mass is 418 g/mol. The van der Waals surface area contributed by atoms with Gasteiger partial charge in [-0.3, -0.25) is 9.10 Å². The Labute approximate surface area is 169 Å². The van der Waals surface area contributed by atoms with E-state index in [1.807, 2.05) is 0 Å². The minimum atomic E-state index is -3.76. The minimum Gasteiger partial charge on any atom is -0.467 e. The number of hydrogen-bond acceptors (Lipinski definition) is 4. The predicted molar refractivity (Wildman–Crippen MR) is 108 cm³/mol. The maximum absolute atomic E-state index is 12.8. The Morgan fingerprint density at radius 3 is 2.39 bits per heavy atom. The topological polar surface area (TPSA) is 70.8 Å². The van der Waals surface area contributed by atoms with Crippen LogP contribution in [0.5, 0.6) is 0 Å². The molecule has 0 aliphatic heterocycles. The standard InChI is InChI=1S/C20H19ClN2O4S/c1-22(14-16-7-6-12-27-16)20(24)18-13-15(10-11-19(18)21)23(2)28(25,26)17-8-4-3-5-9-17/h3-13H,14H2,1-2H3. The number of carbonyl (C=O) groups is 1. The molecule has 2 aromatic carbocycles. The van der Waals surface area contributed by atoms with Gasteiger partial charge in [0.05, 0.1) is 34.0 Å². The van der Waals surface area contributed by atoms with Crippen LogP contribution < -0.4 is 4.31 Å². The van der Waals surface area contributed by atoms with E-state index in [-0.39, 0.29) is 27.9 Å². The van der Waals surface area contributed by atoms with E-state index in [9.17, 15) is 13.2 Å². The first-order valence-electron chi connectivity index (χ1n) is 8.42. The van der Waals surface area contributed by atoms with E-state index in [2.05, 4.69) is 0 Å². The summed E-state index contributed by atoms with van der Waals surface area (Å²) >= 11 is 6.21. The number of halogens is 1. The average Bonchev–Trinajstić information content (AvgIpc) is 3.21. The summed E-state index contributed by atoms with van der Waals surface area (Å²) in [7, 11) is -0.698. The molecule has 0 saturated heterocycles. The molecule has 1 heterocycles. The first kappa shape index (κ1) is 20.0. The third-order valence-corrected chi connectivity index (χ3v) is 6.39. The van der Waals surface area contributed by atoms with Gasteiger partial charge < -0.3 is 9.32 Å². The number of carbonyl (C=O) groups excluding carboxylic acids is 1. The highest BCUT2D eigenvalue weighted by molar-refractivity contribution is 7.92. The molecule has 0 spiro atoms. The van der Waals surface area contributed by atoms with Crippen molar-refractivity contribution in [2.45, 2.75) is 11.4 Å². The molecule has 0 atom stereocenters. The van der Waals surface area contributed by atoms with E-state index in [0.717, 1.165) is 4.31 Å². The number of amides is 1. The first-order valence-corrected chi connectivity index (χ1v) is 10.2. The third-order valence-electron chi connectivity index (χ3n) is 4.27. The van der Waals surface area contributed by atoms with Gasteiger partial charge in [-0.2, -0.15) is 0 Å². The van der Waals surface area contributed by atoms with Gasteiger partial charge in [-0.25, -0.2) is 8.42 Å². The highest BCUT2D eigenvalue weighted by Gasteiger charge is 2.23. The van der Waals surface area contributed by atoms with E-state index in [1.54, 1.807) is 43.4 Å². The fourth-order valence-electron chi connectivity index (χ4n) is 2.68. The van der Waals surface area contributed by atoms with E-state index in [0.29, 0.717) is 11.4 Å². The zero-order valence-electron chi connectivity index (χ0n) is 15.4. The predicted octanol–water partition coefficient (Wildman–Crippen LogP) is 4.03. The van der Waals surface area contributed by atoms with Crippen LogP contribution in [0.15, 0.2) is 76.2 Å². The molecule has 0 radical (unpaired) electrons. The first-order chi connectivity index (χ1) is 13.3. The summed E-state index contributed by atoms with van der Waals surface area (Å²) in [5, 5.41) is 0.241. The largest absolute Gasteiger partial charge is 0.467 e. The van der Waals surface area contributed by atoms with Crippen LogP contribution in [0.2, 0.25) is 5.02 Å². The number of anilines is 1. The maximum atomic E-state index is 12.8. The van der Waals surface area contributed by atoms with Crippen LogP contribution in [0.3, 0.4) is 0 Å². The maximum Gasteiger partial charge on any atom is 0.264 e. The van der Waals surface area contributed by atoms with Gasteiger partial charge in [0, 0.05) is 14.1 Å². The summed E-state index contributed by atoms with van der Waals surface area (Å²) in [6, 6.07) is 16.1. The molecule has 0 aliphatic carbocycles. The Balaban J connectivity index is 1.89. The van der Waals surface area contributed by atoms with Gasteiger partial charge in [0.15, 0.2) is 0 Å². The Bertz CT molecular complexity index is 1070. The van der Waals surface area contributed by atoms with Gasteiger partial charge in [0.2, 0.25) is 0 Å². The molecule has 146 valence electrons. The van der Waals surface area contributed by atoms with Gasteiger partial charge >= 0.3 is 0 Å². The van der Waals surface area contributed by atoms with Gasteiger partial charge in [-0.1, -0.05) is 29.8 Å². The number of benzene rings is 2. The van der Waals surface area contributed by atoms with Crippen LogP contribution in [0.1, 0.15) is 16.1 Å². The summed E-state index contributed by atoms with van der Waals surface area (Å²) in [6.07, 6.45) is 1.53. The lowest BCUT2D eigenvalue weighted by Gasteiger charge is -2.22. The Hall–Kier alpha value is -2.77. The second-order valence-corrected chi connectivity index (χ2v) is 8.57. The van der Waals surface area contributed by atoms with Crippen molar-refractivity contribution in [1.82, 2.24) is 4.90 Å². The van der Waals surface area contributed by atoms with Crippen molar-refractivity contribution in [3.05, 3.63) is 83.3 Å². The quantitative estimate of drug-likeness (QED) is 0.606. The van der Waals surface area contributed by atoms with Crippen LogP contribution >= 0.6 is 11.6 Å². The molecule has 0 N–H and O–H groups in total. The minimum absolute atomic E-state index is 0.162. The van der Waals surface area contributed by atoms with E-state index >= 15 is 0 Å². The molecule has 3 rings (SSSR count). The van der Waals surface area contributed by atoms with Crippen molar-refractivity contribution in [2.24, 2.45) is 0 Å². The lowest BCUT2D eigenvalue weighted by Crippen LogP contribution is -2.28. The molecule has 1 aromatic heterocycles. The highest BCUT2D eigenvalue weighted by atomic mass is 35.5. The van der Waals surface area contributed by atoms with Gasteiger partial charge in [0.25, 0.3) is 15.9 Å². The molecule has 8 heteroatoms. The fourth-order valence-corrected chi connectivity index (χ4v) is 4.08. The van der Waals surface area contributed by atoms with Crippen LogP contribution in [-0.4, -0.2) is 33.3 Å². The number of sulfonamides is 1. The Morgan fingerprint density at radius 1 is 1.04 bits per heavy atom. The number of rotatable bonds is 6. The molecule has 0 unspecified atom stereocenters. The Morgan fingerprint density at radius 2 is 1.75 bits per heavy atom. The second kappa shape index (κ2) is 8.08. The zero-order chi connectivity index (χ0) is 20.3. The molecule has 0 bridgehead atoms. The summed E-state index contributed by atoms with van der Waals surface area (Å²) in [6.45, 7) is 0.268. The van der Waals surface area contributed by atoms with Crippen LogP contribution in [0, 0.1) is 0 Å². The lowest BCUT2D eigenvalue weighted by atomic mass is 10.1. The Kier molecular flexibility index (Phi) is 5.76. The summed E-state index contributed by atoms with van der Waals surface area (Å²) in [4.78, 5) is 14.4. The molecule has 0 aliphatic rings. The second-order valence-electron chi connectivity index (χ2n) is 6.19. The van der Waals surface area contributed by atoms with Crippen molar-refractivity contribution in [2.75, 3.05) is 18.4 Å². The lowest BCUT2D eigenvalue weighted by molar-refractivity contribution is 0.0775. The van der Waals surface area contributed by atoms with Crippen molar-refractivity contribution in [1.29, 1.82) is 0 Å². The molecular weight excluding hydrogens is 400 g/mol. The van der Waals surface area contributed by atoms with Crippen molar-refractivity contribution < 1.29 is 17.6 Å². The van der Waals surface area contributed by atoms with E-state index in [1.165, 1.54) is 42.5 Å². The SMILES string of the molecule is CN(Cc1ccco1)C(=O)c1cc(N(C)S(=O)(=O)c2ccccc2)ccc1Cl. The van der Waals surface area contributed by atoms with Gasteiger partial charge in [-0.05, 0) is 42.5 Å². The molecule has 28 heavy (non-hydrogen) atoms. The van der Waals surface area contributed by atoms with Crippen molar-refractivity contribution in [3.8, 4) is 0 Å². The molecular formula is C20H19ClN2O4S.